The lowest BCUT2D eigenvalue weighted by Gasteiger charge is -2.32. The van der Waals surface area contributed by atoms with Crippen molar-refractivity contribution in [1.29, 1.82) is 0 Å². The van der Waals surface area contributed by atoms with Crippen LogP contribution < -0.4 is 5.73 Å². The van der Waals surface area contributed by atoms with Gasteiger partial charge in [0.05, 0.1) is 18.4 Å². The van der Waals surface area contributed by atoms with Crippen molar-refractivity contribution in [2.45, 2.75) is 39.7 Å². The highest BCUT2D eigenvalue weighted by Gasteiger charge is 2.19. The van der Waals surface area contributed by atoms with E-state index in [0.29, 0.717) is 19.1 Å². The predicted octanol–water partition coefficient (Wildman–Crippen LogP) is 2.05. The van der Waals surface area contributed by atoms with Gasteiger partial charge in [0.2, 0.25) is 0 Å². The van der Waals surface area contributed by atoms with E-state index in [0.717, 1.165) is 30.1 Å². The Bertz CT molecular complexity index is 470. The first-order chi connectivity index (χ1) is 9.49. The second kappa shape index (κ2) is 7.98. The number of nitrogens with two attached hydrogens (primary N) is 1. The Balaban J connectivity index is 0.00000220. The lowest BCUT2D eigenvalue weighted by molar-refractivity contribution is 0.00529. The third kappa shape index (κ3) is 4.57. The summed E-state index contributed by atoms with van der Waals surface area (Å²) in [7, 11) is 0. The zero-order valence-corrected chi connectivity index (χ0v) is 15.5. The van der Waals surface area contributed by atoms with E-state index in [1.165, 1.54) is 0 Å². The molecule has 120 valence electrons. The predicted molar refractivity (Wildman–Crippen MR) is 93.3 cm³/mol. The van der Waals surface area contributed by atoms with Crippen LogP contribution in [0.2, 0.25) is 0 Å². The molecule has 2 heterocycles. The highest BCUT2D eigenvalue weighted by atomic mass is 127. The van der Waals surface area contributed by atoms with Crippen molar-refractivity contribution in [3.8, 4) is 0 Å². The third-order valence-electron chi connectivity index (χ3n) is 3.67. The third-order valence-corrected chi connectivity index (χ3v) is 3.67. The minimum absolute atomic E-state index is 0. The van der Waals surface area contributed by atoms with Crippen molar-refractivity contribution in [2.75, 3.05) is 26.2 Å². The Morgan fingerprint density at radius 2 is 2.24 bits per heavy atom. The summed E-state index contributed by atoms with van der Waals surface area (Å²) in [4.78, 5) is 6.59. The second-order valence-electron chi connectivity index (χ2n) is 5.47. The molecule has 0 bridgehead atoms. The van der Waals surface area contributed by atoms with Crippen LogP contribution in [0, 0.1) is 13.8 Å². The van der Waals surface area contributed by atoms with E-state index in [1.54, 1.807) is 0 Å². The molecule has 0 aliphatic carbocycles. The number of aromatic nitrogens is 1. The molecule has 1 aliphatic heterocycles. The van der Waals surface area contributed by atoms with Gasteiger partial charge in [-0.15, -0.1) is 24.0 Å². The topological polar surface area (TPSA) is 76.9 Å². The van der Waals surface area contributed by atoms with Crippen LogP contribution in [0.25, 0.3) is 0 Å². The molecular formula is C14H25IN4O2. The summed E-state index contributed by atoms with van der Waals surface area (Å²) in [5, 5.41) is 3.98. The van der Waals surface area contributed by atoms with Crippen LogP contribution in [0.5, 0.6) is 0 Å². The number of morpholine rings is 1. The van der Waals surface area contributed by atoms with E-state index >= 15 is 0 Å². The second-order valence-corrected chi connectivity index (χ2v) is 5.47. The van der Waals surface area contributed by atoms with Gasteiger partial charge in [-0.2, -0.15) is 0 Å². The monoisotopic (exact) mass is 408 g/mol. The Morgan fingerprint density at radius 3 is 2.81 bits per heavy atom. The number of nitrogens with zero attached hydrogens (tertiary/aromatic N) is 3. The molecule has 0 spiro atoms. The molecule has 0 radical (unpaired) electrons. The Hall–Kier alpha value is -0.830. The van der Waals surface area contributed by atoms with E-state index in [1.807, 2.05) is 20.8 Å². The molecule has 7 heteroatoms. The number of aliphatic imine (C=N–C) groups is 1. The van der Waals surface area contributed by atoms with Crippen LogP contribution in [0.4, 0.5) is 0 Å². The Kier molecular flexibility index (Phi) is 6.92. The van der Waals surface area contributed by atoms with Crippen LogP contribution in [0.3, 0.4) is 0 Å². The number of aryl methyl sites for hydroxylation is 2. The molecule has 1 aromatic heterocycles. The minimum Gasteiger partial charge on any atom is -0.375 e. The van der Waals surface area contributed by atoms with Gasteiger partial charge in [0.25, 0.3) is 0 Å². The average Bonchev–Trinajstić information content (AvgIpc) is 2.75. The molecule has 1 fully saturated rings. The standard InChI is InChI=1S/C14H24N4O2.HI/c1-9(13-11(3)17-20-12(13)4)7-16-14(15)18-5-6-19-10(2)8-18;/h9-10H,5-8H2,1-4H3,(H2,15,16);1H. The summed E-state index contributed by atoms with van der Waals surface area (Å²) in [5.74, 6) is 1.71. The maximum atomic E-state index is 6.07. The van der Waals surface area contributed by atoms with Crippen LogP contribution in [-0.2, 0) is 4.74 Å². The van der Waals surface area contributed by atoms with Crippen molar-refractivity contribution in [2.24, 2.45) is 10.7 Å². The summed E-state index contributed by atoms with van der Waals surface area (Å²) >= 11 is 0. The number of guanidine groups is 1. The van der Waals surface area contributed by atoms with E-state index in [2.05, 4.69) is 22.0 Å². The zero-order chi connectivity index (χ0) is 14.7. The summed E-state index contributed by atoms with van der Waals surface area (Å²) in [6.07, 6.45) is 0.206. The van der Waals surface area contributed by atoms with Crippen molar-refractivity contribution in [3.05, 3.63) is 17.0 Å². The average molecular weight is 408 g/mol. The van der Waals surface area contributed by atoms with Crippen molar-refractivity contribution in [3.63, 3.8) is 0 Å². The lowest BCUT2D eigenvalue weighted by atomic mass is 10.00. The zero-order valence-electron chi connectivity index (χ0n) is 13.1. The molecular weight excluding hydrogens is 383 g/mol. The molecule has 0 saturated carbocycles. The van der Waals surface area contributed by atoms with E-state index in [9.17, 15) is 0 Å². The highest BCUT2D eigenvalue weighted by Crippen LogP contribution is 2.23. The summed E-state index contributed by atoms with van der Waals surface area (Å²) in [6, 6.07) is 0. The van der Waals surface area contributed by atoms with Crippen LogP contribution in [0.15, 0.2) is 9.52 Å². The van der Waals surface area contributed by atoms with Gasteiger partial charge in [0.1, 0.15) is 5.76 Å². The molecule has 0 aromatic carbocycles. The fraction of sp³-hybridized carbons (Fsp3) is 0.714. The highest BCUT2D eigenvalue weighted by molar-refractivity contribution is 14.0. The fourth-order valence-corrected chi connectivity index (χ4v) is 2.64. The largest absolute Gasteiger partial charge is 0.375 e. The van der Waals surface area contributed by atoms with Crippen LogP contribution in [-0.4, -0.2) is 48.4 Å². The number of hydrogen-bond donors (Lipinski definition) is 1. The summed E-state index contributed by atoms with van der Waals surface area (Å²) in [5.41, 5.74) is 8.14. The van der Waals surface area contributed by atoms with Gasteiger partial charge >= 0.3 is 0 Å². The molecule has 1 saturated heterocycles. The SMILES string of the molecule is Cc1noc(C)c1C(C)CN=C(N)N1CCOC(C)C1.I. The van der Waals surface area contributed by atoms with Gasteiger partial charge in [-0.3, -0.25) is 4.99 Å². The summed E-state index contributed by atoms with van der Waals surface area (Å²) < 4.78 is 10.7. The molecule has 2 rings (SSSR count). The van der Waals surface area contributed by atoms with Gasteiger partial charge < -0.3 is 19.9 Å². The molecule has 6 nitrogen and oxygen atoms in total. The fourth-order valence-electron chi connectivity index (χ4n) is 2.64. The van der Waals surface area contributed by atoms with Gasteiger partial charge in [0, 0.05) is 31.1 Å². The smallest absolute Gasteiger partial charge is 0.191 e. The van der Waals surface area contributed by atoms with Crippen LogP contribution >= 0.6 is 24.0 Å². The number of ether oxygens (including phenoxy) is 1. The van der Waals surface area contributed by atoms with Gasteiger partial charge in [0.15, 0.2) is 5.96 Å². The molecule has 1 aliphatic rings. The van der Waals surface area contributed by atoms with Crippen molar-refractivity contribution in [1.82, 2.24) is 10.1 Å². The molecule has 2 unspecified atom stereocenters. The van der Waals surface area contributed by atoms with Crippen molar-refractivity contribution < 1.29 is 9.26 Å². The van der Waals surface area contributed by atoms with E-state index < -0.39 is 0 Å². The van der Waals surface area contributed by atoms with Crippen LogP contribution in [0.1, 0.15) is 36.8 Å². The quantitative estimate of drug-likeness (QED) is 0.471. The molecule has 21 heavy (non-hydrogen) atoms. The molecule has 2 N–H and O–H groups in total. The molecule has 1 aromatic rings. The minimum atomic E-state index is 0. The first-order valence-corrected chi connectivity index (χ1v) is 7.08. The lowest BCUT2D eigenvalue weighted by Crippen LogP contribution is -2.48. The first kappa shape index (κ1) is 18.2. The van der Waals surface area contributed by atoms with E-state index in [-0.39, 0.29) is 36.0 Å². The maximum Gasteiger partial charge on any atom is 0.191 e. The van der Waals surface area contributed by atoms with Gasteiger partial charge in [-0.25, -0.2) is 0 Å². The summed E-state index contributed by atoms with van der Waals surface area (Å²) in [6.45, 7) is 11.0. The number of hydrogen-bond acceptors (Lipinski definition) is 4. The van der Waals surface area contributed by atoms with Crippen molar-refractivity contribution >= 4 is 29.9 Å². The Labute approximate surface area is 143 Å². The number of halogens is 1. The first-order valence-electron chi connectivity index (χ1n) is 7.08. The number of rotatable bonds is 3. The van der Waals surface area contributed by atoms with Gasteiger partial charge in [-0.1, -0.05) is 12.1 Å². The van der Waals surface area contributed by atoms with E-state index in [4.69, 9.17) is 15.0 Å². The molecule has 2 atom stereocenters. The molecule has 0 amide bonds. The normalized spacial score (nSPS) is 21.0. The maximum absolute atomic E-state index is 6.07. The van der Waals surface area contributed by atoms with Gasteiger partial charge in [-0.05, 0) is 20.8 Å². The Morgan fingerprint density at radius 1 is 1.52 bits per heavy atom.